The fourth-order valence-corrected chi connectivity index (χ4v) is 3.23. The van der Waals surface area contributed by atoms with Crippen molar-refractivity contribution in [2.24, 2.45) is 0 Å². The molecule has 2 aromatic heterocycles. The molecule has 2 heterocycles. The van der Waals surface area contributed by atoms with Crippen LogP contribution in [-0.2, 0) is 0 Å². The van der Waals surface area contributed by atoms with Crippen LogP contribution in [0.5, 0.6) is 11.5 Å². The SMILES string of the molecule is CC(C)n1cc(-c2ccc(Oc3ccc(F)cc3C#N)cc2)c2c(N)ncnc21. The van der Waals surface area contributed by atoms with Crippen molar-refractivity contribution < 1.29 is 9.13 Å². The lowest BCUT2D eigenvalue weighted by molar-refractivity contribution is 0.479. The molecule has 0 aliphatic carbocycles. The van der Waals surface area contributed by atoms with Crippen molar-refractivity contribution in [3.05, 3.63) is 66.4 Å². The van der Waals surface area contributed by atoms with Crippen LogP contribution in [0.2, 0.25) is 0 Å². The topological polar surface area (TPSA) is 89.8 Å². The van der Waals surface area contributed by atoms with E-state index in [-0.39, 0.29) is 11.6 Å². The quantitative estimate of drug-likeness (QED) is 0.528. The van der Waals surface area contributed by atoms with Crippen LogP contribution in [0, 0.1) is 17.1 Å². The van der Waals surface area contributed by atoms with Gasteiger partial charge in [0.25, 0.3) is 0 Å². The Labute approximate surface area is 167 Å². The molecule has 0 aliphatic heterocycles. The first-order chi connectivity index (χ1) is 14.0. The lowest BCUT2D eigenvalue weighted by atomic mass is 10.1. The maximum absolute atomic E-state index is 13.3. The van der Waals surface area contributed by atoms with Gasteiger partial charge in [0.2, 0.25) is 0 Å². The van der Waals surface area contributed by atoms with Gasteiger partial charge in [-0.3, -0.25) is 0 Å². The van der Waals surface area contributed by atoms with E-state index in [0.717, 1.165) is 28.2 Å². The van der Waals surface area contributed by atoms with Crippen LogP contribution in [0.15, 0.2) is 55.0 Å². The summed E-state index contributed by atoms with van der Waals surface area (Å²) in [6.45, 7) is 4.15. The van der Waals surface area contributed by atoms with E-state index < -0.39 is 5.82 Å². The van der Waals surface area contributed by atoms with Crippen molar-refractivity contribution in [2.75, 3.05) is 5.73 Å². The Balaban J connectivity index is 1.72. The van der Waals surface area contributed by atoms with Crippen LogP contribution >= 0.6 is 0 Å². The minimum absolute atomic E-state index is 0.138. The minimum Gasteiger partial charge on any atom is -0.456 e. The number of nitrogen functional groups attached to an aromatic ring is 1. The zero-order valence-corrected chi connectivity index (χ0v) is 15.9. The monoisotopic (exact) mass is 387 g/mol. The number of ether oxygens (including phenoxy) is 1. The number of halogens is 1. The molecule has 0 spiro atoms. The number of anilines is 1. The average molecular weight is 387 g/mol. The molecule has 6 nitrogen and oxygen atoms in total. The summed E-state index contributed by atoms with van der Waals surface area (Å²) in [6.07, 6.45) is 3.48. The molecule has 0 saturated heterocycles. The number of hydrogen-bond acceptors (Lipinski definition) is 5. The molecule has 0 atom stereocenters. The van der Waals surface area contributed by atoms with Crippen LogP contribution < -0.4 is 10.5 Å². The van der Waals surface area contributed by atoms with E-state index in [4.69, 9.17) is 15.7 Å². The molecule has 0 unspecified atom stereocenters. The summed E-state index contributed by atoms with van der Waals surface area (Å²) in [5.74, 6) is 0.782. The predicted octanol–water partition coefficient (Wildman–Crippen LogP) is 5.06. The predicted molar refractivity (Wildman–Crippen MR) is 109 cm³/mol. The largest absolute Gasteiger partial charge is 0.456 e. The first kappa shape index (κ1) is 18.4. The number of aromatic nitrogens is 3. The molecule has 0 saturated carbocycles. The number of hydrogen-bond donors (Lipinski definition) is 1. The minimum atomic E-state index is -0.481. The summed E-state index contributed by atoms with van der Waals surface area (Å²) in [5, 5.41) is 9.97. The molecule has 4 aromatic rings. The van der Waals surface area contributed by atoms with Crippen molar-refractivity contribution >= 4 is 16.9 Å². The molecule has 144 valence electrons. The Morgan fingerprint density at radius 3 is 2.59 bits per heavy atom. The average Bonchev–Trinajstić information content (AvgIpc) is 3.11. The second-order valence-electron chi connectivity index (χ2n) is 6.88. The molecule has 7 heteroatoms. The van der Waals surface area contributed by atoms with Gasteiger partial charge < -0.3 is 15.0 Å². The second-order valence-corrected chi connectivity index (χ2v) is 6.88. The van der Waals surface area contributed by atoms with Crippen molar-refractivity contribution in [2.45, 2.75) is 19.9 Å². The van der Waals surface area contributed by atoms with E-state index in [1.54, 1.807) is 12.1 Å². The molecule has 0 amide bonds. The summed E-state index contributed by atoms with van der Waals surface area (Å²) >= 11 is 0. The molecule has 2 aromatic carbocycles. The first-order valence-corrected chi connectivity index (χ1v) is 9.07. The third kappa shape index (κ3) is 3.36. The van der Waals surface area contributed by atoms with Gasteiger partial charge in [-0.05, 0) is 49.7 Å². The Bertz CT molecular complexity index is 1240. The number of nitrogens with zero attached hydrogens (tertiary/aromatic N) is 4. The highest BCUT2D eigenvalue weighted by atomic mass is 19.1. The van der Waals surface area contributed by atoms with Crippen LogP contribution in [-0.4, -0.2) is 14.5 Å². The zero-order chi connectivity index (χ0) is 20.5. The van der Waals surface area contributed by atoms with E-state index in [2.05, 4.69) is 28.4 Å². The maximum atomic E-state index is 13.3. The fourth-order valence-electron chi connectivity index (χ4n) is 3.23. The maximum Gasteiger partial charge on any atom is 0.146 e. The number of nitriles is 1. The van der Waals surface area contributed by atoms with Crippen LogP contribution in [0.3, 0.4) is 0 Å². The summed E-state index contributed by atoms with van der Waals surface area (Å²) in [4.78, 5) is 8.53. The van der Waals surface area contributed by atoms with Gasteiger partial charge in [0.1, 0.15) is 41.2 Å². The lowest BCUT2D eigenvalue weighted by Crippen LogP contribution is -2.00. The van der Waals surface area contributed by atoms with E-state index in [9.17, 15) is 4.39 Å². The number of benzene rings is 2. The first-order valence-electron chi connectivity index (χ1n) is 9.07. The molecule has 4 rings (SSSR count). The van der Waals surface area contributed by atoms with Gasteiger partial charge in [0.15, 0.2) is 0 Å². The lowest BCUT2D eigenvalue weighted by Gasteiger charge is -2.08. The fraction of sp³-hybridized carbons (Fsp3) is 0.136. The summed E-state index contributed by atoms with van der Waals surface area (Å²) in [6, 6.07) is 13.4. The van der Waals surface area contributed by atoms with Gasteiger partial charge in [-0.25, -0.2) is 14.4 Å². The van der Waals surface area contributed by atoms with Crippen LogP contribution in [0.4, 0.5) is 10.2 Å². The van der Waals surface area contributed by atoms with Gasteiger partial charge in [-0.1, -0.05) is 12.1 Å². The van der Waals surface area contributed by atoms with Gasteiger partial charge in [-0.15, -0.1) is 0 Å². The molecule has 0 bridgehead atoms. The third-order valence-corrected chi connectivity index (χ3v) is 4.65. The van der Waals surface area contributed by atoms with E-state index in [1.165, 1.54) is 18.5 Å². The highest BCUT2D eigenvalue weighted by Gasteiger charge is 2.16. The van der Waals surface area contributed by atoms with Gasteiger partial charge in [0.05, 0.1) is 10.9 Å². The smallest absolute Gasteiger partial charge is 0.146 e. The van der Waals surface area contributed by atoms with Gasteiger partial charge in [0, 0.05) is 17.8 Å². The number of rotatable bonds is 4. The Hall–Kier alpha value is -3.92. The molecular formula is C22H18FN5O. The van der Waals surface area contributed by atoms with E-state index >= 15 is 0 Å². The van der Waals surface area contributed by atoms with Crippen molar-refractivity contribution in [3.8, 4) is 28.7 Å². The highest BCUT2D eigenvalue weighted by molar-refractivity contribution is 6.00. The third-order valence-electron chi connectivity index (χ3n) is 4.65. The molecule has 0 fully saturated rings. The Kier molecular flexibility index (Phi) is 4.61. The van der Waals surface area contributed by atoms with Crippen molar-refractivity contribution in [3.63, 3.8) is 0 Å². The van der Waals surface area contributed by atoms with E-state index in [0.29, 0.717) is 17.3 Å². The second kappa shape index (κ2) is 7.24. The van der Waals surface area contributed by atoms with Gasteiger partial charge >= 0.3 is 0 Å². The summed E-state index contributed by atoms with van der Waals surface area (Å²) in [7, 11) is 0. The Morgan fingerprint density at radius 1 is 1.14 bits per heavy atom. The summed E-state index contributed by atoms with van der Waals surface area (Å²) in [5.41, 5.74) is 8.92. The normalized spacial score (nSPS) is 11.0. The molecule has 29 heavy (non-hydrogen) atoms. The molecular weight excluding hydrogens is 369 g/mol. The van der Waals surface area contributed by atoms with E-state index in [1.807, 2.05) is 24.4 Å². The summed E-state index contributed by atoms with van der Waals surface area (Å²) < 4.78 is 21.1. The standard InChI is InChI=1S/C22H18FN5O/c1-13(2)28-11-18(20-21(25)26-12-27-22(20)28)14-3-6-17(7-4-14)29-19-8-5-16(23)9-15(19)10-24/h3-9,11-13H,1-2H3,(H2,25,26,27). The molecule has 0 radical (unpaired) electrons. The van der Waals surface area contributed by atoms with Crippen LogP contribution in [0.1, 0.15) is 25.5 Å². The Morgan fingerprint density at radius 2 is 1.90 bits per heavy atom. The van der Waals surface area contributed by atoms with Gasteiger partial charge in [-0.2, -0.15) is 5.26 Å². The number of fused-ring (bicyclic) bond motifs is 1. The molecule has 2 N–H and O–H groups in total. The van der Waals surface area contributed by atoms with Crippen molar-refractivity contribution in [1.82, 2.24) is 14.5 Å². The highest BCUT2D eigenvalue weighted by Crippen LogP contribution is 2.35. The van der Waals surface area contributed by atoms with Crippen molar-refractivity contribution in [1.29, 1.82) is 5.26 Å². The molecule has 0 aliphatic rings. The number of nitrogens with two attached hydrogens (primary N) is 1. The van der Waals surface area contributed by atoms with Crippen LogP contribution in [0.25, 0.3) is 22.2 Å². The zero-order valence-electron chi connectivity index (χ0n) is 15.9.